The van der Waals surface area contributed by atoms with E-state index in [0.29, 0.717) is 10.0 Å². The molecule has 0 aliphatic rings. The van der Waals surface area contributed by atoms with Gasteiger partial charge in [-0.15, -0.1) is 11.8 Å². The highest BCUT2D eigenvalue weighted by Crippen LogP contribution is 2.31. The molecule has 1 N–H and O–H groups in total. The number of halogens is 2. The van der Waals surface area contributed by atoms with Gasteiger partial charge in [0.2, 0.25) is 0 Å². The normalized spacial score (nSPS) is 12.4. The van der Waals surface area contributed by atoms with Crippen LogP contribution in [0.5, 0.6) is 0 Å². The molecule has 1 nitrogen and oxygen atoms in total. The molecule has 0 aromatic heterocycles. The predicted molar refractivity (Wildman–Crippen MR) is 94.8 cm³/mol. The molecule has 0 saturated carbocycles. The van der Waals surface area contributed by atoms with Gasteiger partial charge in [-0.3, -0.25) is 0 Å². The van der Waals surface area contributed by atoms with Gasteiger partial charge >= 0.3 is 0 Å². The Bertz CT molecular complexity index is 584. The zero-order valence-electron chi connectivity index (χ0n) is 12.2. The molecule has 0 aliphatic carbocycles. The SMILES string of the molecule is CCCNC(c1ccc(SC)cc1)c1ccc(Cl)cc1Cl. The van der Waals surface area contributed by atoms with Crippen LogP contribution in [0.2, 0.25) is 10.0 Å². The van der Waals surface area contributed by atoms with Crippen molar-refractivity contribution in [1.29, 1.82) is 0 Å². The third-order valence-electron chi connectivity index (χ3n) is 3.32. The molecule has 2 aromatic carbocycles. The standard InChI is InChI=1S/C17H19Cl2NS/c1-3-10-20-17(12-4-7-14(21-2)8-5-12)15-9-6-13(18)11-16(15)19/h4-9,11,17,20H,3,10H2,1-2H3. The van der Waals surface area contributed by atoms with Crippen molar-refractivity contribution in [2.45, 2.75) is 24.3 Å². The Kier molecular flexibility index (Phi) is 6.43. The van der Waals surface area contributed by atoms with Crippen LogP contribution in [0.1, 0.15) is 30.5 Å². The first-order chi connectivity index (χ1) is 10.2. The Morgan fingerprint density at radius 2 is 1.81 bits per heavy atom. The third-order valence-corrected chi connectivity index (χ3v) is 4.63. The fourth-order valence-corrected chi connectivity index (χ4v) is 3.15. The first-order valence-electron chi connectivity index (χ1n) is 6.98. The minimum Gasteiger partial charge on any atom is -0.306 e. The molecule has 0 aliphatic heterocycles. The van der Waals surface area contributed by atoms with E-state index in [0.717, 1.165) is 18.5 Å². The number of rotatable bonds is 6. The topological polar surface area (TPSA) is 12.0 Å². The molecule has 0 heterocycles. The van der Waals surface area contributed by atoms with Crippen LogP contribution in [-0.2, 0) is 0 Å². The van der Waals surface area contributed by atoms with Gasteiger partial charge in [-0.25, -0.2) is 0 Å². The van der Waals surface area contributed by atoms with Crippen LogP contribution in [0, 0.1) is 0 Å². The largest absolute Gasteiger partial charge is 0.306 e. The lowest BCUT2D eigenvalue weighted by molar-refractivity contribution is 0.598. The molecule has 1 atom stereocenters. The van der Waals surface area contributed by atoms with Crippen molar-refractivity contribution in [3.8, 4) is 0 Å². The van der Waals surface area contributed by atoms with E-state index in [-0.39, 0.29) is 6.04 Å². The molecular formula is C17H19Cl2NS. The van der Waals surface area contributed by atoms with E-state index in [4.69, 9.17) is 23.2 Å². The van der Waals surface area contributed by atoms with Gasteiger partial charge in [0.25, 0.3) is 0 Å². The second-order valence-electron chi connectivity index (χ2n) is 4.83. The van der Waals surface area contributed by atoms with E-state index in [1.54, 1.807) is 17.8 Å². The van der Waals surface area contributed by atoms with Crippen LogP contribution in [0.4, 0.5) is 0 Å². The lowest BCUT2D eigenvalue weighted by Gasteiger charge is -2.21. The Balaban J connectivity index is 2.36. The van der Waals surface area contributed by atoms with Crippen molar-refractivity contribution in [2.24, 2.45) is 0 Å². The van der Waals surface area contributed by atoms with Gasteiger partial charge < -0.3 is 5.32 Å². The fraction of sp³-hybridized carbons (Fsp3) is 0.294. The summed E-state index contributed by atoms with van der Waals surface area (Å²) in [5.41, 5.74) is 2.27. The first-order valence-corrected chi connectivity index (χ1v) is 8.96. The molecule has 1 unspecified atom stereocenters. The van der Waals surface area contributed by atoms with Gasteiger partial charge in [0.15, 0.2) is 0 Å². The van der Waals surface area contributed by atoms with E-state index in [1.165, 1.54) is 10.5 Å². The van der Waals surface area contributed by atoms with Crippen LogP contribution in [0.15, 0.2) is 47.4 Å². The summed E-state index contributed by atoms with van der Waals surface area (Å²) in [5, 5.41) is 4.93. The molecule has 0 fully saturated rings. The van der Waals surface area contributed by atoms with Crippen molar-refractivity contribution in [3.63, 3.8) is 0 Å². The number of thioether (sulfide) groups is 1. The molecule has 2 aromatic rings. The number of hydrogen-bond donors (Lipinski definition) is 1. The van der Waals surface area contributed by atoms with E-state index in [1.807, 2.05) is 12.1 Å². The van der Waals surface area contributed by atoms with Gasteiger partial charge in [0, 0.05) is 14.9 Å². The second-order valence-corrected chi connectivity index (χ2v) is 6.55. The molecule has 21 heavy (non-hydrogen) atoms. The number of nitrogens with one attached hydrogen (secondary N) is 1. The molecule has 0 saturated heterocycles. The lowest BCUT2D eigenvalue weighted by Crippen LogP contribution is -2.23. The van der Waals surface area contributed by atoms with Crippen LogP contribution in [0.25, 0.3) is 0 Å². The van der Waals surface area contributed by atoms with Gasteiger partial charge in [-0.1, -0.05) is 48.3 Å². The van der Waals surface area contributed by atoms with Crippen molar-refractivity contribution in [1.82, 2.24) is 5.32 Å². The first kappa shape index (κ1) is 16.7. The Morgan fingerprint density at radius 3 is 2.38 bits per heavy atom. The molecule has 0 bridgehead atoms. The number of benzene rings is 2. The summed E-state index contributed by atoms with van der Waals surface area (Å²) in [5.74, 6) is 0. The second kappa shape index (κ2) is 8.09. The molecule has 2 rings (SSSR count). The summed E-state index contributed by atoms with van der Waals surface area (Å²) in [6.07, 6.45) is 3.16. The monoisotopic (exact) mass is 339 g/mol. The van der Waals surface area contributed by atoms with Crippen molar-refractivity contribution in [2.75, 3.05) is 12.8 Å². The van der Waals surface area contributed by atoms with E-state index in [2.05, 4.69) is 42.8 Å². The van der Waals surface area contributed by atoms with Crippen LogP contribution >= 0.6 is 35.0 Å². The van der Waals surface area contributed by atoms with Gasteiger partial charge in [-0.2, -0.15) is 0 Å². The molecule has 0 spiro atoms. The zero-order chi connectivity index (χ0) is 15.2. The van der Waals surface area contributed by atoms with E-state index in [9.17, 15) is 0 Å². The molecule has 4 heteroatoms. The maximum Gasteiger partial charge on any atom is 0.0591 e. The van der Waals surface area contributed by atoms with Crippen molar-refractivity contribution in [3.05, 3.63) is 63.6 Å². The number of hydrogen-bond acceptors (Lipinski definition) is 2. The van der Waals surface area contributed by atoms with E-state index >= 15 is 0 Å². The summed E-state index contributed by atoms with van der Waals surface area (Å²) >= 11 is 14.1. The predicted octanol–water partition coefficient (Wildman–Crippen LogP) is 5.80. The summed E-state index contributed by atoms with van der Waals surface area (Å²) < 4.78 is 0. The zero-order valence-corrected chi connectivity index (χ0v) is 14.5. The van der Waals surface area contributed by atoms with Gasteiger partial charge in [0.05, 0.1) is 6.04 Å². The van der Waals surface area contributed by atoms with Crippen molar-refractivity contribution < 1.29 is 0 Å². The third kappa shape index (κ3) is 4.40. The average molecular weight is 340 g/mol. The van der Waals surface area contributed by atoms with Crippen molar-refractivity contribution >= 4 is 35.0 Å². The Labute approximate surface area is 141 Å². The Hall–Kier alpha value is -0.670. The fourth-order valence-electron chi connectivity index (χ4n) is 2.23. The minimum atomic E-state index is 0.0885. The smallest absolute Gasteiger partial charge is 0.0591 e. The molecular weight excluding hydrogens is 321 g/mol. The van der Waals surface area contributed by atoms with Crippen LogP contribution < -0.4 is 5.32 Å². The van der Waals surface area contributed by atoms with Crippen LogP contribution in [-0.4, -0.2) is 12.8 Å². The van der Waals surface area contributed by atoms with Gasteiger partial charge in [-0.05, 0) is 54.6 Å². The van der Waals surface area contributed by atoms with E-state index < -0.39 is 0 Å². The lowest BCUT2D eigenvalue weighted by atomic mass is 9.98. The molecule has 0 amide bonds. The summed E-state index contributed by atoms with van der Waals surface area (Å²) in [6.45, 7) is 3.10. The minimum absolute atomic E-state index is 0.0885. The quantitative estimate of drug-likeness (QED) is 0.667. The maximum atomic E-state index is 6.38. The highest BCUT2D eigenvalue weighted by molar-refractivity contribution is 7.98. The molecule has 112 valence electrons. The van der Waals surface area contributed by atoms with Crippen LogP contribution in [0.3, 0.4) is 0 Å². The maximum absolute atomic E-state index is 6.38. The highest BCUT2D eigenvalue weighted by atomic mass is 35.5. The van der Waals surface area contributed by atoms with Gasteiger partial charge in [0.1, 0.15) is 0 Å². The average Bonchev–Trinajstić information content (AvgIpc) is 2.50. The summed E-state index contributed by atoms with van der Waals surface area (Å²) in [6, 6.07) is 14.4. The highest BCUT2D eigenvalue weighted by Gasteiger charge is 2.16. The Morgan fingerprint density at radius 1 is 1.10 bits per heavy atom. The molecule has 0 radical (unpaired) electrons. The summed E-state index contributed by atoms with van der Waals surface area (Å²) in [4.78, 5) is 1.26. The summed E-state index contributed by atoms with van der Waals surface area (Å²) in [7, 11) is 0.